The van der Waals surface area contributed by atoms with Crippen LogP contribution in [0.2, 0.25) is 10.0 Å². The standard InChI is InChI=1S/C16H13Cl2NO2/c17-14-7-3-1-5-12(14)9-10-19-16(20)21-11-13-6-2-4-8-15(13)18/h1-10H,11H2,(H,19,20). The molecule has 2 aromatic carbocycles. The van der Waals surface area contributed by atoms with Gasteiger partial charge in [0.1, 0.15) is 6.61 Å². The molecule has 0 heterocycles. The first kappa shape index (κ1) is 15.4. The Hall–Kier alpha value is -1.97. The van der Waals surface area contributed by atoms with E-state index in [1.165, 1.54) is 6.20 Å². The summed E-state index contributed by atoms with van der Waals surface area (Å²) in [6.07, 6.45) is 2.62. The smallest absolute Gasteiger partial charge is 0.411 e. The van der Waals surface area contributed by atoms with Crippen molar-refractivity contribution in [3.05, 3.63) is 75.9 Å². The van der Waals surface area contributed by atoms with Crippen molar-refractivity contribution in [1.29, 1.82) is 0 Å². The molecule has 0 saturated heterocycles. The van der Waals surface area contributed by atoms with Gasteiger partial charge in [-0.2, -0.15) is 0 Å². The number of alkyl carbamates (subject to hydrolysis) is 1. The first-order chi connectivity index (χ1) is 10.2. The van der Waals surface area contributed by atoms with Crippen molar-refractivity contribution >= 4 is 35.4 Å². The molecule has 1 amide bonds. The van der Waals surface area contributed by atoms with E-state index in [1.807, 2.05) is 30.3 Å². The van der Waals surface area contributed by atoms with Crippen LogP contribution in [0.4, 0.5) is 4.79 Å². The maximum Gasteiger partial charge on any atom is 0.411 e. The Balaban J connectivity index is 1.83. The number of benzene rings is 2. The van der Waals surface area contributed by atoms with Crippen molar-refractivity contribution in [1.82, 2.24) is 5.32 Å². The van der Waals surface area contributed by atoms with Gasteiger partial charge >= 0.3 is 6.09 Å². The second kappa shape index (κ2) is 7.72. The van der Waals surface area contributed by atoms with E-state index in [-0.39, 0.29) is 6.61 Å². The molecule has 0 aliphatic rings. The van der Waals surface area contributed by atoms with Crippen LogP contribution >= 0.6 is 23.2 Å². The number of amides is 1. The lowest BCUT2D eigenvalue weighted by atomic mass is 10.2. The van der Waals surface area contributed by atoms with Gasteiger partial charge in [0.05, 0.1) is 0 Å². The van der Waals surface area contributed by atoms with Crippen molar-refractivity contribution in [3.63, 3.8) is 0 Å². The maximum absolute atomic E-state index is 11.5. The van der Waals surface area contributed by atoms with E-state index >= 15 is 0 Å². The first-order valence-corrected chi connectivity index (χ1v) is 7.00. The minimum Gasteiger partial charge on any atom is -0.444 e. The highest BCUT2D eigenvalue weighted by Gasteiger charge is 2.03. The van der Waals surface area contributed by atoms with Crippen LogP contribution in [0.3, 0.4) is 0 Å². The highest BCUT2D eigenvalue weighted by atomic mass is 35.5. The summed E-state index contributed by atoms with van der Waals surface area (Å²) in [6, 6.07) is 14.5. The molecule has 0 atom stereocenters. The lowest BCUT2D eigenvalue weighted by Crippen LogP contribution is -2.18. The Morgan fingerprint density at radius 2 is 1.71 bits per heavy atom. The van der Waals surface area contributed by atoms with Gasteiger partial charge in [-0.1, -0.05) is 59.6 Å². The number of carbonyl (C=O) groups is 1. The third-order valence-corrected chi connectivity index (χ3v) is 3.40. The number of halogens is 2. The third-order valence-electron chi connectivity index (χ3n) is 2.69. The van der Waals surface area contributed by atoms with Gasteiger partial charge in [0.15, 0.2) is 0 Å². The van der Waals surface area contributed by atoms with Crippen molar-refractivity contribution < 1.29 is 9.53 Å². The van der Waals surface area contributed by atoms with Crippen molar-refractivity contribution in [2.24, 2.45) is 0 Å². The van der Waals surface area contributed by atoms with Crippen LogP contribution in [-0.4, -0.2) is 6.09 Å². The Kier molecular flexibility index (Phi) is 5.67. The van der Waals surface area contributed by atoms with Crippen LogP contribution in [0, 0.1) is 0 Å². The largest absolute Gasteiger partial charge is 0.444 e. The van der Waals surface area contributed by atoms with Crippen molar-refractivity contribution in [3.8, 4) is 0 Å². The lowest BCUT2D eigenvalue weighted by molar-refractivity contribution is 0.143. The third kappa shape index (κ3) is 4.81. The molecular weight excluding hydrogens is 309 g/mol. The van der Waals surface area contributed by atoms with Gasteiger partial charge in [-0.05, 0) is 23.8 Å². The lowest BCUT2D eigenvalue weighted by Gasteiger charge is -2.05. The summed E-state index contributed by atoms with van der Waals surface area (Å²) in [5, 5.41) is 3.68. The number of hydrogen-bond donors (Lipinski definition) is 1. The van der Waals surface area contributed by atoms with E-state index in [2.05, 4.69) is 5.32 Å². The van der Waals surface area contributed by atoms with E-state index in [4.69, 9.17) is 27.9 Å². The average Bonchev–Trinajstić information content (AvgIpc) is 2.48. The SMILES string of the molecule is O=C(NC=Cc1ccccc1Cl)OCc1ccccc1Cl. The highest BCUT2D eigenvalue weighted by Crippen LogP contribution is 2.16. The summed E-state index contributed by atoms with van der Waals surface area (Å²) in [6.45, 7) is 0.117. The van der Waals surface area contributed by atoms with Crippen LogP contribution < -0.4 is 5.32 Å². The molecule has 0 aliphatic heterocycles. The molecule has 0 bridgehead atoms. The quantitative estimate of drug-likeness (QED) is 0.870. The second-order valence-electron chi connectivity index (χ2n) is 4.17. The zero-order valence-electron chi connectivity index (χ0n) is 11.1. The predicted molar refractivity (Wildman–Crippen MR) is 85.3 cm³/mol. The van der Waals surface area contributed by atoms with E-state index < -0.39 is 6.09 Å². The van der Waals surface area contributed by atoms with Crippen LogP contribution in [0.25, 0.3) is 6.08 Å². The van der Waals surface area contributed by atoms with Crippen LogP contribution in [-0.2, 0) is 11.3 Å². The topological polar surface area (TPSA) is 38.3 Å². The highest BCUT2D eigenvalue weighted by molar-refractivity contribution is 6.32. The van der Waals surface area contributed by atoms with E-state index in [0.29, 0.717) is 10.0 Å². The number of hydrogen-bond acceptors (Lipinski definition) is 2. The van der Waals surface area contributed by atoms with Gasteiger partial charge in [0.25, 0.3) is 0 Å². The zero-order valence-corrected chi connectivity index (χ0v) is 12.6. The molecule has 0 aliphatic carbocycles. The maximum atomic E-state index is 11.5. The Morgan fingerprint density at radius 1 is 1.05 bits per heavy atom. The fraction of sp³-hybridized carbons (Fsp3) is 0.0625. The Morgan fingerprint density at radius 3 is 2.43 bits per heavy atom. The first-order valence-electron chi connectivity index (χ1n) is 6.24. The van der Waals surface area contributed by atoms with Gasteiger partial charge < -0.3 is 4.74 Å². The van der Waals surface area contributed by atoms with Crippen molar-refractivity contribution in [2.45, 2.75) is 6.61 Å². The summed E-state index contributed by atoms with van der Waals surface area (Å²) >= 11 is 12.0. The average molecular weight is 322 g/mol. The monoisotopic (exact) mass is 321 g/mol. The zero-order chi connectivity index (χ0) is 15.1. The molecule has 0 spiro atoms. The van der Waals surface area contributed by atoms with E-state index in [1.54, 1.807) is 24.3 Å². The van der Waals surface area contributed by atoms with E-state index in [0.717, 1.165) is 11.1 Å². The van der Waals surface area contributed by atoms with Gasteiger partial charge in [0.2, 0.25) is 0 Å². The van der Waals surface area contributed by atoms with Crippen LogP contribution in [0.1, 0.15) is 11.1 Å². The minimum atomic E-state index is -0.557. The van der Waals surface area contributed by atoms with Crippen molar-refractivity contribution in [2.75, 3.05) is 0 Å². The second-order valence-corrected chi connectivity index (χ2v) is 4.98. The molecule has 0 unspecified atom stereocenters. The molecule has 3 nitrogen and oxygen atoms in total. The molecular formula is C16H13Cl2NO2. The predicted octanol–water partition coefficient (Wildman–Crippen LogP) is 4.89. The molecule has 1 N–H and O–H groups in total. The summed E-state index contributed by atoms with van der Waals surface area (Å²) < 4.78 is 5.06. The number of nitrogens with one attached hydrogen (secondary N) is 1. The fourth-order valence-corrected chi connectivity index (χ4v) is 2.00. The Labute approximate surface area is 133 Å². The number of ether oxygens (including phenoxy) is 1. The Bertz CT molecular complexity index is 656. The molecule has 5 heteroatoms. The molecule has 0 radical (unpaired) electrons. The fourth-order valence-electron chi connectivity index (χ4n) is 1.61. The number of carbonyl (C=O) groups excluding carboxylic acids is 1. The molecule has 0 aromatic heterocycles. The van der Waals surface area contributed by atoms with Gasteiger partial charge in [0, 0.05) is 21.8 Å². The minimum absolute atomic E-state index is 0.117. The number of rotatable bonds is 4. The van der Waals surface area contributed by atoms with E-state index in [9.17, 15) is 4.79 Å². The van der Waals surface area contributed by atoms with Gasteiger partial charge in [-0.15, -0.1) is 0 Å². The molecule has 21 heavy (non-hydrogen) atoms. The molecule has 108 valence electrons. The molecule has 2 rings (SSSR count). The molecule has 2 aromatic rings. The summed E-state index contributed by atoms with van der Waals surface area (Å²) in [7, 11) is 0. The summed E-state index contributed by atoms with van der Waals surface area (Å²) in [4.78, 5) is 11.5. The van der Waals surface area contributed by atoms with Gasteiger partial charge in [-0.25, -0.2) is 4.79 Å². The molecule has 0 fully saturated rings. The van der Waals surface area contributed by atoms with Gasteiger partial charge in [-0.3, -0.25) is 5.32 Å². The summed E-state index contributed by atoms with van der Waals surface area (Å²) in [5.74, 6) is 0. The summed E-state index contributed by atoms with van der Waals surface area (Å²) in [5.41, 5.74) is 1.56. The van der Waals surface area contributed by atoms with Crippen LogP contribution in [0.5, 0.6) is 0 Å². The molecule has 0 saturated carbocycles. The van der Waals surface area contributed by atoms with Crippen LogP contribution in [0.15, 0.2) is 54.7 Å². The normalized spacial score (nSPS) is 10.6.